The largest absolute Gasteiger partial charge is 0.477 e. The van der Waals surface area contributed by atoms with Crippen molar-refractivity contribution < 1.29 is 29.0 Å². The van der Waals surface area contributed by atoms with Crippen molar-refractivity contribution in [1.82, 2.24) is 10.2 Å². The van der Waals surface area contributed by atoms with E-state index in [1.807, 2.05) is 31.2 Å². The van der Waals surface area contributed by atoms with Gasteiger partial charge < -0.3 is 15.2 Å². The number of carbonyl (C=O) groups is 4. The average molecular weight is 416 g/mol. The Kier molecular flexibility index (Phi) is 6.07. The number of fused-ring (bicyclic) bond motifs is 1. The van der Waals surface area contributed by atoms with E-state index in [0.29, 0.717) is 5.57 Å². The molecule has 0 unspecified atom stereocenters. The zero-order valence-electron chi connectivity index (χ0n) is 15.9. The Bertz CT molecular complexity index is 921. The molecule has 3 rings (SSSR count). The third-order valence-electron chi connectivity index (χ3n) is 4.50. The van der Waals surface area contributed by atoms with Gasteiger partial charge in [0.05, 0.1) is 0 Å². The first-order chi connectivity index (χ1) is 13.8. The molecule has 29 heavy (non-hydrogen) atoms. The van der Waals surface area contributed by atoms with Gasteiger partial charge in [-0.2, -0.15) is 0 Å². The molecule has 8 nitrogen and oxygen atoms in total. The van der Waals surface area contributed by atoms with Gasteiger partial charge in [0.15, 0.2) is 0 Å². The van der Waals surface area contributed by atoms with Gasteiger partial charge in [-0.3, -0.25) is 19.3 Å². The van der Waals surface area contributed by atoms with E-state index in [1.54, 1.807) is 6.08 Å². The first kappa shape index (κ1) is 20.7. The average Bonchev–Trinajstić information content (AvgIpc) is 2.69. The lowest BCUT2D eigenvalue weighted by molar-refractivity contribution is -0.150. The van der Waals surface area contributed by atoms with Crippen LogP contribution in [0.4, 0.5) is 0 Å². The first-order valence-corrected chi connectivity index (χ1v) is 9.91. The molecule has 2 amide bonds. The SMILES string of the molecule is CC(=O)OCC1=C(C(=O)O)N2C(=O)[C@@H](NC(=O)/C=C/c3ccc(C)cc3)[C@H]2SC1. The summed E-state index contributed by atoms with van der Waals surface area (Å²) in [6.45, 7) is 3.01. The zero-order chi connectivity index (χ0) is 21.1. The van der Waals surface area contributed by atoms with Crippen LogP contribution in [0, 0.1) is 6.92 Å². The van der Waals surface area contributed by atoms with Crippen molar-refractivity contribution in [1.29, 1.82) is 0 Å². The van der Waals surface area contributed by atoms with E-state index in [4.69, 9.17) is 4.74 Å². The number of carboxylic acids is 1. The lowest BCUT2D eigenvalue weighted by Crippen LogP contribution is -2.70. The van der Waals surface area contributed by atoms with E-state index in [9.17, 15) is 24.3 Å². The molecule has 1 fully saturated rings. The molecule has 0 radical (unpaired) electrons. The molecule has 9 heteroatoms. The van der Waals surface area contributed by atoms with Crippen molar-refractivity contribution in [2.75, 3.05) is 12.4 Å². The molecule has 152 valence electrons. The van der Waals surface area contributed by atoms with Gasteiger partial charge in [-0.15, -0.1) is 11.8 Å². The number of benzene rings is 1. The number of hydrogen-bond acceptors (Lipinski definition) is 6. The number of aliphatic carboxylic acids is 1. The van der Waals surface area contributed by atoms with E-state index in [1.165, 1.54) is 24.8 Å². The quantitative estimate of drug-likeness (QED) is 0.408. The number of thioether (sulfide) groups is 1. The van der Waals surface area contributed by atoms with Gasteiger partial charge in [0.25, 0.3) is 5.91 Å². The second-order valence-corrected chi connectivity index (χ2v) is 7.78. The number of aryl methyl sites for hydroxylation is 1. The predicted molar refractivity (Wildman–Crippen MR) is 107 cm³/mol. The fraction of sp³-hybridized carbons (Fsp3) is 0.300. The lowest BCUT2D eigenvalue weighted by atomic mass is 10.0. The van der Waals surface area contributed by atoms with E-state index in [-0.39, 0.29) is 18.1 Å². The number of β-lactam (4-membered cyclic amide) rings is 1. The Hall–Kier alpha value is -3.07. The van der Waals surface area contributed by atoms with E-state index >= 15 is 0 Å². The van der Waals surface area contributed by atoms with Crippen molar-refractivity contribution >= 4 is 41.6 Å². The number of amides is 2. The summed E-state index contributed by atoms with van der Waals surface area (Å²) in [5.41, 5.74) is 2.13. The highest BCUT2D eigenvalue weighted by atomic mass is 32.2. The molecule has 0 aromatic heterocycles. The van der Waals surface area contributed by atoms with Gasteiger partial charge in [-0.25, -0.2) is 4.79 Å². The lowest BCUT2D eigenvalue weighted by Gasteiger charge is -2.49. The number of nitrogens with one attached hydrogen (secondary N) is 1. The summed E-state index contributed by atoms with van der Waals surface area (Å²) in [6.07, 6.45) is 2.98. The molecule has 2 atom stereocenters. The maximum atomic E-state index is 12.5. The van der Waals surface area contributed by atoms with Gasteiger partial charge in [0, 0.05) is 24.3 Å². The standard InChI is InChI=1S/C20H20N2O6S/c1-11-3-5-13(6-4-11)7-8-15(24)21-16-18(25)22-17(20(26)27)14(9-28-12(2)23)10-29-19(16)22/h3-8,16,19H,9-10H2,1-2H3,(H,21,24)(H,26,27)/b8-7+/t16-,19-/m1/s1. The molecule has 1 aromatic rings. The molecule has 0 saturated carbocycles. The molecular formula is C20H20N2O6S. The highest BCUT2D eigenvalue weighted by molar-refractivity contribution is 8.00. The summed E-state index contributed by atoms with van der Waals surface area (Å²) in [5, 5.41) is 11.6. The minimum atomic E-state index is -1.27. The maximum absolute atomic E-state index is 12.5. The molecule has 2 aliphatic heterocycles. The fourth-order valence-electron chi connectivity index (χ4n) is 3.03. The molecule has 1 saturated heterocycles. The Morgan fingerprint density at radius 1 is 1.31 bits per heavy atom. The number of rotatable bonds is 6. The predicted octanol–water partition coefficient (Wildman–Crippen LogP) is 1.31. The topological polar surface area (TPSA) is 113 Å². The third-order valence-corrected chi connectivity index (χ3v) is 5.84. The minimum Gasteiger partial charge on any atom is -0.477 e. The van der Waals surface area contributed by atoms with E-state index in [0.717, 1.165) is 16.0 Å². The highest BCUT2D eigenvalue weighted by Gasteiger charge is 2.54. The third kappa shape index (κ3) is 4.51. The summed E-state index contributed by atoms with van der Waals surface area (Å²) < 4.78 is 4.89. The number of ether oxygens (including phenoxy) is 1. The number of carbonyl (C=O) groups excluding carboxylic acids is 3. The fourth-order valence-corrected chi connectivity index (χ4v) is 4.36. The van der Waals surface area contributed by atoms with Crippen LogP contribution in [0.2, 0.25) is 0 Å². The number of esters is 1. The van der Waals surface area contributed by atoms with Crippen LogP contribution in [0.3, 0.4) is 0 Å². The van der Waals surface area contributed by atoms with Crippen LogP contribution in [0.15, 0.2) is 41.6 Å². The summed E-state index contributed by atoms with van der Waals surface area (Å²) in [6, 6.07) is 6.80. The van der Waals surface area contributed by atoms with Gasteiger partial charge in [0.2, 0.25) is 5.91 Å². The van der Waals surface area contributed by atoms with Crippen LogP contribution in [-0.2, 0) is 23.9 Å². The van der Waals surface area contributed by atoms with E-state index in [2.05, 4.69) is 5.32 Å². The summed E-state index contributed by atoms with van der Waals surface area (Å²) >= 11 is 1.32. The molecule has 0 spiro atoms. The molecule has 0 aliphatic carbocycles. The second-order valence-electron chi connectivity index (χ2n) is 6.68. The number of nitrogens with zero attached hydrogens (tertiary/aromatic N) is 1. The van der Waals surface area contributed by atoms with Crippen LogP contribution in [0.5, 0.6) is 0 Å². The smallest absolute Gasteiger partial charge is 0.352 e. The van der Waals surface area contributed by atoms with Gasteiger partial charge in [-0.1, -0.05) is 29.8 Å². The van der Waals surface area contributed by atoms with Crippen LogP contribution in [-0.4, -0.2) is 57.5 Å². The first-order valence-electron chi connectivity index (χ1n) is 8.86. The minimum absolute atomic E-state index is 0.180. The Morgan fingerprint density at radius 2 is 2.00 bits per heavy atom. The molecule has 2 N–H and O–H groups in total. The molecular weight excluding hydrogens is 396 g/mol. The molecule has 2 aliphatic rings. The summed E-state index contributed by atoms with van der Waals surface area (Å²) in [5.74, 6) is -2.45. The van der Waals surface area contributed by atoms with Crippen molar-refractivity contribution in [3.63, 3.8) is 0 Å². The van der Waals surface area contributed by atoms with Crippen LogP contribution >= 0.6 is 11.8 Å². The van der Waals surface area contributed by atoms with Crippen molar-refractivity contribution in [2.45, 2.75) is 25.3 Å². The van der Waals surface area contributed by atoms with Crippen LogP contribution in [0.1, 0.15) is 18.1 Å². The molecule has 0 bridgehead atoms. The van der Waals surface area contributed by atoms with Crippen molar-refractivity contribution in [2.24, 2.45) is 0 Å². The number of carboxylic acid groups (broad SMARTS) is 1. The molecule has 2 heterocycles. The van der Waals surface area contributed by atoms with Gasteiger partial charge >= 0.3 is 11.9 Å². The molecule has 1 aromatic carbocycles. The zero-order valence-corrected chi connectivity index (χ0v) is 16.7. The normalized spacial score (nSPS) is 20.9. The number of hydrogen-bond donors (Lipinski definition) is 2. The van der Waals surface area contributed by atoms with Crippen molar-refractivity contribution in [3.05, 3.63) is 52.7 Å². The van der Waals surface area contributed by atoms with Gasteiger partial charge in [0.1, 0.15) is 23.7 Å². The van der Waals surface area contributed by atoms with Gasteiger partial charge in [-0.05, 0) is 18.6 Å². The summed E-state index contributed by atoms with van der Waals surface area (Å²) in [4.78, 5) is 48.5. The maximum Gasteiger partial charge on any atom is 0.352 e. The Labute approximate surface area is 171 Å². The summed E-state index contributed by atoms with van der Waals surface area (Å²) in [7, 11) is 0. The van der Waals surface area contributed by atoms with Crippen LogP contribution in [0.25, 0.3) is 6.08 Å². The second kappa shape index (κ2) is 8.52. The van der Waals surface area contributed by atoms with E-state index < -0.39 is 35.2 Å². The van der Waals surface area contributed by atoms with Crippen molar-refractivity contribution in [3.8, 4) is 0 Å². The monoisotopic (exact) mass is 416 g/mol. The highest BCUT2D eigenvalue weighted by Crippen LogP contribution is 2.40. The Morgan fingerprint density at radius 3 is 2.62 bits per heavy atom. The Balaban J connectivity index is 1.67. The van der Waals surface area contributed by atoms with Crippen LogP contribution < -0.4 is 5.32 Å².